The largest absolute Gasteiger partial charge is 0.494 e. The number of hydrogen-bond donors (Lipinski definition) is 3. The number of carbonyl (C=O) groups is 2. The van der Waals surface area contributed by atoms with Crippen LogP contribution in [0.5, 0.6) is 5.75 Å². The van der Waals surface area contributed by atoms with Gasteiger partial charge in [-0.2, -0.15) is 0 Å². The van der Waals surface area contributed by atoms with Crippen LogP contribution in [-0.4, -0.2) is 33.4 Å². The van der Waals surface area contributed by atoms with Gasteiger partial charge in [0.1, 0.15) is 5.75 Å². The summed E-state index contributed by atoms with van der Waals surface area (Å²) in [7, 11) is -3.87. The van der Waals surface area contributed by atoms with Crippen LogP contribution in [0.25, 0.3) is 0 Å². The van der Waals surface area contributed by atoms with Crippen LogP contribution in [0.2, 0.25) is 0 Å². The minimum atomic E-state index is -3.87. The molecule has 8 nitrogen and oxygen atoms in total. The smallest absolute Gasteiger partial charge is 0.251 e. The third kappa shape index (κ3) is 6.67. The number of unbranched alkanes of at least 4 members (excludes halogenated alkanes) is 1. The average molecular weight is 405 g/mol. The second-order valence-electron chi connectivity index (χ2n) is 6.03. The Balaban J connectivity index is 1.86. The molecule has 0 radical (unpaired) electrons. The van der Waals surface area contributed by atoms with Crippen molar-refractivity contribution in [2.75, 3.05) is 18.5 Å². The maximum atomic E-state index is 12.1. The Morgan fingerprint density at radius 2 is 1.82 bits per heavy atom. The summed E-state index contributed by atoms with van der Waals surface area (Å²) in [5, 5.41) is 10.1. The Morgan fingerprint density at radius 3 is 2.46 bits per heavy atom. The Kier molecular flexibility index (Phi) is 7.53. The maximum absolute atomic E-state index is 12.1. The molecule has 0 spiro atoms. The number of nitrogens with two attached hydrogens (primary N) is 1. The van der Waals surface area contributed by atoms with Crippen molar-refractivity contribution >= 4 is 27.5 Å². The summed E-state index contributed by atoms with van der Waals surface area (Å²) >= 11 is 0. The monoisotopic (exact) mass is 405 g/mol. The van der Waals surface area contributed by atoms with Crippen LogP contribution in [0.4, 0.5) is 5.69 Å². The summed E-state index contributed by atoms with van der Waals surface area (Å²) in [5.41, 5.74) is 0.659. The molecule has 0 heterocycles. The number of ether oxygens (including phenoxy) is 1. The van der Waals surface area contributed by atoms with Crippen molar-refractivity contribution in [1.82, 2.24) is 5.32 Å². The first kappa shape index (κ1) is 21.4. The van der Waals surface area contributed by atoms with Crippen LogP contribution in [0, 0.1) is 0 Å². The highest BCUT2D eigenvalue weighted by molar-refractivity contribution is 7.89. The Hall–Kier alpha value is -2.91. The zero-order valence-electron chi connectivity index (χ0n) is 15.5. The van der Waals surface area contributed by atoms with Gasteiger partial charge in [-0.1, -0.05) is 19.4 Å². The summed E-state index contributed by atoms with van der Waals surface area (Å²) in [5.74, 6) is -0.231. The number of sulfonamides is 1. The first-order valence-electron chi connectivity index (χ1n) is 8.73. The highest BCUT2D eigenvalue weighted by Gasteiger charge is 2.11. The lowest BCUT2D eigenvalue weighted by Gasteiger charge is -2.09. The van der Waals surface area contributed by atoms with Crippen molar-refractivity contribution in [3.8, 4) is 5.75 Å². The SMILES string of the molecule is CCCCOc1ccc(C(=O)NCC(=O)Nc2cccc(S(N)(=O)=O)c2)cc1. The molecule has 2 aromatic rings. The van der Waals surface area contributed by atoms with Crippen LogP contribution in [0.15, 0.2) is 53.4 Å². The molecule has 0 saturated heterocycles. The topological polar surface area (TPSA) is 128 Å². The van der Waals surface area contributed by atoms with Gasteiger partial charge in [0.2, 0.25) is 15.9 Å². The molecule has 0 bridgehead atoms. The summed E-state index contributed by atoms with van der Waals surface area (Å²) < 4.78 is 28.2. The number of primary sulfonamides is 1. The van der Waals surface area contributed by atoms with E-state index in [0.29, 0.717) is 17.9 Å². The van der Waals surface area contributed by atoms with Gasteiger partial charge in [0, 0.05) is 11.3 Å². The summed E-state index contributed by atoms with van der Waals surface area (Å²) in [6.45, 7) is 2.42. The van der Waals surface area contributed by atoms with Gasteiger partial charge < -0.3 is 15.4 Å². The summed E-state index contributed by atoms with van der Waals surface area (Å²) in [6, 6.07) is 12.2. The molecule has 0 fully saturated rings. The zero-order valence-corrected chi connectivity index (χ0v) is 16.3. The molecular formula is C19H23N3O5S. The van der Waals surface area contributed by atoms with E-state index in [9.17, 15) is 18.0 Å². The van der Waals surface area contributed by atoms with Gasteiger partial charge in [0.25, 0.3) is 5.91 Å². The Morgan fingerprint density at radius 1 is 1.11 bits per heavy atom. The molecule has 0 aliphatic rings. The fourth-order valence-electron chi connectivity index (χ4n) is 2.26. The first-order chi connectivity index (χ1) is 13.3. The molecule has 2 amide bonds. The minimum absolute atomic E-state index is 0.115. The number of anilines is 1. The summed E-state index contributed by atoms with van der Waals surface area (Å²) in [6.07, 6.45) is 1.99. The van der Waals surface area contributed by atoms with Crippen LogP contribution in [0.3, 0.4) is 0 Å². The van der Waals surface area contributed by atoms with Crippen molar-refractivity contribution in [2.24, 2.45) is 5.14 Å². The number of nitrogens with one attached hydrogen (secondary N) is 2. The first-order valence-corrected chi connectivity index (χ1v) is 10.3. The predicted octanol–water partition coefficient (Wildman–Crippen LogP) is 1.88. The molecule has 0 aromatic heterocycles. The number of carbonyl (C=O) groups excluding carboxylic acids is 2. The zero-order chi connectivity index (χ0) is 20.6. The molecule has 0 saturated carbocycles. The van der Waals surface area contributed by atoms with Crippen molar-refractivity contribution in [3.63, 3.8) is 0 Å². The number of benzene rings is 2. The van der Waals surface area contributed by atoms with Crippen LogP contribution in [0.1, 0.15) is 30.1 Å². The van der Waals surface area contributed by atoms with Gasteiger partial charge in [-0.15, -0.1) is 0 Å². The van der Waals surface area contributed by atoms with E-state index in [-0.39, 0.29) is 17.1 Å². The Labute approximate surface area is 164 Å². The normalized spacial score (nSPS) is 10.9. The van der Waals surface area contributed by atoms with Crippen LogP contribution >= 0.6 is 0 Å². The molecule has 2 aromatic carbocycles. The van der Waals surface area contributed by atoms with E-state index in [0.717, 1.165) is 12.8 Å². The second-order valence-corrected chi connectivity index (χ2v) is 7.59. The lowest BCUT2D eigenvalue weighted by atomic mass is 10.2. The van der Waals surface area contributed by atoms with Gasteiger partial charge in [-0.05, 0) is 48.9 Å². The van der Waals surface area contributed by atoms with E-state index in [4.69, 9.17) is 9.88 Å². The fourth-order valence-corrected chi connectivity index (χ4v) is 2.82. The van der Waals surface area contributed by atoms with E-state index >= 15 is 0 Å². The molecule has 0 aliphatic heterocycles. The van der Waals surface area contributed by atoms with Crippen molar-refractivity contribution in [2.45, 2.75) is 24.7 Å². The molecule has 0 atom stereocenters. The highest BCUT2D eigenvalue weighted by atomic mass is 32.2. The van der Waals surface area contributed by atoms with E-state index < -0.39 is 21.8 Å². The molecule has 4 N–H and O–H groups in total. The molecule has 9 heteroatoms. The van der Waals surface area contributed by atoms with E-state index in [2.05, 4.69) is 17.6 Å². The minimum Gasteiger partial charge on any atom is -0.494 e. The molecule has 28 heavy (non-hydrogen) atoms. The quantitative estimate of drug-likeness (QED) is 0.549. The molecule has 0 unspecified atom stereocenters. The Bertz CT molecular complexity index is 927. The molecule has 0 aliphatic carbocycles. The van der Waals surface area contributed by atoms with Crippen LogP contribution < -0.4 is 20.5 Å². The van der Waals surface area contributed by atoms with Gasteiger partial charge in [0.15, 0.2) is 0 Å². The standard InChI is InChI=1S/C19H23N3O5S/c1-2-3-11-27-16-9-7-14(8-10-16)19(24)21-13-18(23)22-15-5-4-6-17(12-15)28(20,25)26/h4-10,12H,2-3,11,13H2,1H3,(H,21,24)(H,22,23)(H2,20,25,26). The number of amides is 2. The van der Waals surface area contributed by atoms with Gasteiger partial charge in [-0.25, -0.2) is 13.6 Å². The summed E-state index contributed by atoms with van der Waals surface area (Å²) in [4.78, 5) is 24.0. The third-order valence-corrected chi connectivity index (χ3v) is 4.65. The fraction of sp³-hybridized carbons (Fsp3) is 0.263. The molecule has 2 rings (SSSR count). The number of hydrogen-bond acceptors (Lipinski definition) is 5. The van der Waals surface area contributed by atoms with E-state index in [1.54, 1.807) is 24.3 Å². The van der Waals surface area contributed by atoms with Gasteiger partial charge in [0.05, 0.1) is 18.0 Å². The highest BCUT2D eigenvalue weighted by Crippen LogP contribution is 2.14. The predicted molar refractivity (Wildman–Crippen MR) is 106 cm³/mol. The molecular weight excluding hydrogens is 382 g/mol. The van der Waals surface area contributed by atoms with E-state index in [1.807, 2.05) is 0 Å². The number of rotatable bonds is 9. The van der Waals surface area contributed by atoms with Crippen LogP contribution in [-0.2, 0) is 14.8 Å². The molecule has 150 valence electrons. The van der Waals surface area contributed by atoms with Crippen molar-refractivity contribution in [1.29, 1.82) is 0 Å². The average Bonchev–Trinajstić information content (AvgIpc) is 2.66. The lowest BCUT2D eigenvalue weighted by molar-refractivity contribution is -0.115. The maximum Gasteiger partial charge on any atom is 0.251 e. The van der Waals surface area contributed by atoms with E-state index in [1.165, 1.54) is 24.3 Å². The van der Waals surface area contributed by atoms with Gasteiger partial charge in [-0.3, -0.25) is 9.59 Å². The lowest BCUT2D eigenvalue weighted by Crippen LogP contribution is -2.32. The van der Waals surface area contributed by atoms with Crippen molar-refractivity contribution < 1.29 is 22.7 Å². The third-order valence-electron chi connectivity index (χ3n) is 3.74. The van der Waals surface area contributed by atoms with Gasteiger partial charge >= 0.3 is 0 Å². The second kappa shape index (κ2) is 9.86. The van der Waals surface area contributed by atoms with Crippen molar-refractivity contribution in [3.05, 3.63) is 54.1 Å².